The standard InChI is InChI=1S/C41H70O10/c1-3-5-7-9-11-13-15-17-19-21-23-25-27-29-36(43)48-32-34(33-49-41-40(47)39(46)38(45)35(31-42)51-41)50-37(44)30-28-26-24-22-20-18-16-14-12-10-8-6-4-2/h6,8,10,12,14,16,18,20,34-35,38-42,45-47H,3-5,7,9,11,13,15,17,19,21-33H2,1-2H3/b8-6+,12-10+,16-14+,20-18+/t34?,35-,38+,39?,40?,41-/m0/s1. The Hall–Kier alpha value is -2.34. The van der Waals surface area contributed by atoms with Gasteiger partial charge in [0.05, 0.1) is 13.2 Å². The lowest BCUT2D eigenvalue weighted by molar-refractivity contribution is -0.305. The number of esters is 2. The van der Waals surface area contributed by atoms with Crippen molar-refractivity contribution in [2.75, 3.05) is 19.8 Å². The van der Waals surface area contributed by atoms with E-state index < -0.39 is 49.4 Å². The van der Waals surface area contributed by atoms with Crippen molar-refractivity contribution in [3.63, 3.8) is 0 Å². The molecule has 1 aliphatic rings. The fourth-order valence-corrected chi connectivity index (χ4v) is 5.67. The van der Waals surface area contributed by atoms with E-state index in [4.69, 9.17) is 18.9 Å². The van der Waals surface area contributed by atoms with Gasteiger partial charge in [-0.25, -0.2) is 0 Å². The molecule has 4 N–H and O–H groups in total. The van der Waals surface area contributed by atoms with Crippen LogP contribution in [0.4, 0.5) is 0 Å². The molecule has 0 aromatic rings. The van der Waals surface area contributed by atoms with Gasteiger partial charge >= 0.3 is 11.9 Å². The highest BCUT2D eigenvalue weighted by molar-refractivity contribution is 5.70. The molecule has 3 unspecified atom stereocenters. The van der Waals surface area contributed by atoms with Crippen LogP contribution in [0.2, 0.25) is 0 Å². The van der Waals surface area contributed by atoms with E-state index in [1.807, 2.05) is 36.5 Å². The molecule has 0 bridgehead atoms. The van der Waals surface area contributed by atoms with Crippen LogP contribution in [0.15, 0.2) is 48.6 Å². The van der Waals surface area contributed by atoms with Crippen LogP contribution in [-0.4, -0.2) is 89.0 Å². The maximum absolute atomic E-state index is 12.7. The molecule has 0 aromatic heterocycles. The number of aliphatic hydroxyl groups excluding tert-OH is 4. The summed E-state index contributed by atoms with van der Waals surface area (Å²) in [6, 6.07) is 0. The normalized spacial score (nSPS) is 21.7. The first-order valence-electron chi connectivity index (χ1n) is 19.8. The third kappa shape index (κ3) is 24.5. The predicted molar refractivity (Wildman–Crippen MR) is 201 cm³/mol. The monoisotopic (exact) mass is 722 g/mol. The van der Waals surface area contributed by atoms with Gasteiger partial charge in [-0.05, 0) is 32.1 Å². The van der Waals surface area contributed by atoms with E-state index >= 15 is 0 Å². The predicted octanol–water partition coefficient (Wildman–Crippen LogP) is 7.32. The van der Waals surface area contributed by atoms with Crippen molar-refractivity contribution in [2.24, 2.45) is 0 Å². The highest BCUT2D eigenvalue weighted by Crippen LogP contribution is 2.22. The van der Waals surface area contributed by atoms with E-state index in [-0.39, 0.29) is 32.0 Å². The first-order valence-corrected chi connectivity index (χ1v) is 19.8. The number of ether oxygens (including phenoxy) is 4. The van der Waals surface area contributed by atoms with Gasteiger partial charge in [-0.2, -0.15) is 0 Å². The van der Waals surface area contributed by atoms with Crippen molar-refractivity contribution in [3.8, 4) is 0 Å². The zero-order valence-electron chi connectivity index (χ0n) is 31.6. The van der Waals surface area contributed by atoms with Crippen LogP contribution < -0.4 is 0 Å². The Morgan fingerprint density at radius 2 is 1.16 bits per heavy atom. The van der Waals surface area contributed by atoms with Crippen LogP contribution in [-0.2, 0) is 28.5 Å². The van der Waals surface area contributed by atoms with E-state index in [0.29, 0.717) is 6.42 Å². The van der Waals surface area contributed by atoms with Crippen LogP contribution in [0, 0.1) is 0 Å². The minimum absolute atomic E-state index is 0.184. The van der Waals surface area contributed by atoms with Gasteiger partial charge in [-0.1, -0.05) is 146 Å². The molecule has 10 heteroatoms. The number of carbonyl (C=O) groups excluding carboxylic acids is 2. The Morgan fingerprint density at radius 3 is 1.75 bits per heavy atom. The van der Waals surface area contributed by atoms with E-state index in [9.17, 15) is 30.0 Å². The lowest BCUT2D eigenvalue weighted by Gasteiger charge is -2.39. The Bertz CT molecular complexity index is 975. The summed E-state index contributed by atoms with van der Waals surface area (Å²) in [6.45, 7) is 3.22. The van der Waals surface area contributed by atoms with Crippen molar-refractivity contribution in [1.29, 1.82) is 0 Å². The van der Waals surface area contributed by atoms with Gasteiger partial charge in [0.2, 0.25) is 0 Å². The first kappa shape index (κ1) is 46.7. The van der Waals surface area contributed by atoms with Crippen molar-refractivity contribution in [3.05, 3.63) is 48.6 Å². The average molecular weight is 723 g/mol. The topological polar surface area (TPSA) is 152 Å². The second kappa shape index (κ2) is 32.3. The third-order valence-electron chi connectivity index (χ3n) is 8.82. The van der Waals surface area contributed by atoms with Crippen molar-refractivity contribution in [1.82, 2.24) is 0 Å². The summed E-state index contributed by atoms with van der Waals surface area (Å²) in [4.78, 5) is 25.2. The SMILES string of the molecule is CC/C=C/C=C/C=C/C=C/CCCCCC(=O)OC(COC(=O)CCCCCCCCCCCCCCC)CO[C@H]1O[C@@H](CO)[C@@H](O)C(O)C1O. The van der Waals surface area contributed by atoms with Crippen LogP contribution in [0.3, 0.4) is 0 Å². The van der Waals surface area contributed by atoms with Gasteiger partial charge in [0.15, 0.2) is 12.4 Å². The van der Waals surface area contributed by atoms with Gasteiger partial charge < -0.3 is 39.4 Å². The number of carbonyl (C=O) groups is 2. The molecule has 0 aliphatic carbocycles. The Kier molecular flexibility index (Phi) is 29.6. The molecule has 0 saturated carbocycles. The molecule has 10 nitrogen and oxygen atoms in total. The molecule has 0 radical (unpaired) electrons. The summed E-state index contributed by atoms with van der Waals surface area (Å²) < 4.78 is 22.0. The van der Waals surface area contributed by atoms with E-state index in [1.54, 1.807) is 0 Å². The first-order chi connectivity index (χ1) is 24.8. The van der Waals surface area contributed by atoms with E-state index in [2.05, 4.69) is 26.0 Å². The average Bonchev–Trinajstić information content (AvgIpc) is 3.13. The highest BCUT2D eigenvalue weighted by Gasteiger charge is 2.44. The van der Waals surface area contributed by atoms with Crippen LogP contribution in [0.5, 0.6) is 0 Å². The van der Waals surface area contributed by atoms with E-state index in [1.165, 1.54) is 64.2 Å². The van der Waals surface area contributed by atoms with Crippen LogP contribution in [0.25, 0.3) is 0 Å². The van der Waals surface area contributed by atoms with Crippen LogP contribution in [0.1, 0.15) is 142 Å². The summed E-state index contributed by atoms with van der Waals surface area (Å²) in [5.74, 6) is -0.855. The molecule has 1 aliphatic heterocycles. The van der Waals surface area contributed by atoms with Crippen molar-refractivity contribution in [2.45, 2.75) is 179 Å². The van der Waals surface area contributed by atoms with Crippen molar-refractivity contribution < 1.29 is 49.0 Å². The highest BCUT2D eigenvalue weighted by atomic mass is 16.7. The summed E-state index contributed by atoms with van der Waals surface area (Å²) >= 11 is 0. The van der Waals surface area contributed by atoms with Crippen LogP contribution >= 0.6 is 0 Å². The molecule has 51 heavy (non-hydrogen) atoms. The summed E-state index contributed by atoms with van der Waals surface area (Å²) in [6.07, 6.45) is 28.4. The molecule has 1 heterocycles. The molecule has 1 fully saturated rings. The third-order valence-corrected chi connectivity index (χ3v) is 8.82. The molecular formula is C41H70O10. The Labute approximate surface area is 308 Å². The van der Waals surface area contributed by atoms with Gasteiger partial charge in [0.1, 0.15) is 31.0 Å². The number of allylic oxidation sites excluding steroid dienone is 8. The summed E-state index contributed by atoms with van der Waals surface area (Å²) in [5.41, 5.74) is 0. The molecule has 0 amide bonds. The molecule has 294 valence electrons. The maximum Gasteiger partial charge on any atom is 0.306 e. The molecule has 0 spiro atoms. The second-order valence-electron chi connectivity index (χ2n) is 13.5. The smallest absolute Gasteiger partial charge is 0.306 e. The maximum atomic E-state index is 12.7. The lowest BCUT2D eigenvalue weighted by atomic mass is 9.99. The largest absolute Gasteiger partial charge is 0.462 e. The molecule has 0 aromatic carbocycles. The molecule has 1 saturated heterocycles. The van der Waals surface area contributed by atoms with Gasteiger partial charge in [-0.15, -0.1) is 0 Å². The quantitative estimate of drug-likeness (QED) is 0.0325. The van der Waals surface area contributed by atoms with Gasteiger partial charge in [-0.3, -0.25) is 9.59 Å². The zero-order chi connectivity index (χ0) is 37.4. The second-order valence-corrected chi connectivity index (χ2v) is 13.5. The number of aliphatic hydroxyl groups is 4. The number of rotatable bonds is 31. The molecular weight excluding hydrogens is 652 g/mol. The Balaban J connectivity index is 2.42. The minimum atomic E-state index is -1.60. The number of unbranched alkanes of at least 4 members (excludes halogenated alkanes) is 15. The fraction of sp³-hybridized carbons (Fsp3) is 0.756. The van der Waals surface area contributed by atoms with E-state index in [0.717, 1.165) is 44.9 Å². The minimum Gasteiger partial charge on any atom is -0.462 e. The molecule has 1 rings (SSSR count). The fourth-order valence-electron chi connectivity index (χ4n) is 5.67. The molecule has 6 atom stereocenters. The number of hydrogen-bond donors (Lipinski definition) is 4. The summed E-state index contributed by atoms with van der Waals surface area (Å²) in [5, 5.41) is 39.9. The zero-order valence-corrected chi connectivity index (χ0v) is 31.6. The van der Waals surface area contributed by atoms with Gasteiger partial charge in [0.25, 0.3) is 0 Å². The summed E-state index contributed by atoms with van der Waals surface area (Å²) in [7, 11) is 0. The van der Waals surface area contributed by atoms with Gasteiger partial charge in [0, 0.05) is 12.8 Å². The lowest BCUT2D eigenvalue weighted by Crippen LogP contribution is -2.59. The number of hydrogen-bond acceptors (Lipinski definition) is 10. The Morgan fingerprint density at radius 1 is 0.627 bits per heavy atom. The van der Waals surface area contributed by atoms with Crippen molar-refractivity contribution >= 4 is 11.9 Å².